The molecule has 2 rings (SSSR count). The van der Waals surface area contributed by atoms with Crippen molar-refractivity contribution in [1.29, 1.82) is 0 Å². The average Bonchev–Trinajstić information content (AvgIpc) is 2.85. The molecule has 2 N–H and O–H groups in total. The number of ketones is 1. The van der Waals surface area contributed by atoms with Crippen LogP contribution in [0.2, 0.25) is 0 Å². The number of nitrogens with zero attached hydrogens (tertiary/aromatic N) is 1. The number of rotatable bonds is 3. The second-order valence-electron chi connectivity index (χ2n) is 4.34. The third-order valence-corrected chi connectivity index (χ3v) is 3.05. The molecule has 0 aromatic carbocycles. The molecular formula is C12H13F3N2O2. The van der Waals surface area contributed by atoms with Gasteiger partial charge in [0.05, 0.1) is 17.2 Å². The summed E-state index contributed by atoms with van der Waals surface area (Å²) in [5.41, 5.74) is 3.98. The number of halogens is 3. The number of aromatic nitrogens is 1. The van der Waals surface area contributed by atoms with Gasteiger partial charge in [-0.3, -0.25) is 9.78 Å². The van der Waals surface area contributed by atoms with Crippen molar-refractivity contribution in [1.82, 2.24) is 4.98 Å². The Morgan fingerprint density at radius 1 is 1.47 bits per heavy atom. The molecule has 2 atom stereocenters. The number of hydrogen-bond donors (Lipinski definition) is 1. The van der Waals surface area contributed by atoms with Crippen molar-refractivity contribution in [3.8, 4) is 0 Å². The third kappa shape index (κ3) is 2.93. The van der Waals surface area contributed by atoms with Crippen LogP contribution >= 0.6 is 0 Å². The van der Waals surface area contributed by atoms with Crippen LogP contribution in [0.4, 0.5) is 13.2 Å². The Kier molecular flexibility index (Phi) is 3.86. The van der Waals surface area contributed by atoms with Gasteiger partial charge in [0.15, 0.2) is 5.78 Å². The lowest BCUT2D eigenvalue weighted by atomic mass is 10.0. The van der Waals surface area contributed by atoms with E-state index < -0.39 is 29.2 Å². The minimum absolute atomic E-state index is 0.253. The molecule has 4 nitrogen and oxygen atoms in total. The highest BCUT2D eigenvalue weighted by Crippen LogP contribution is 2.33. The lowest BCUT2D eigenvalue weighted by Gasteiger charge is -2.15. The topological polar surface area (TPSA) is 65.2 Å². The number of alkyl halides is 3. The Labute approximate surface area is 107 Å². The first-order chi connectivity index (χ1) is 8.93. The maximum atomic E-state index is 12.8. The number of hydrogen-bond acceptors (Lipinski definition) is 4. The van der Waals surface area contributed by atoms with Gasteiger partial charge in [0.2, 0.25) is 0 Å². The molecule has 2 heterocycles. The van der Waals surface area contributed by atoms with E-state index in [0.29, 0.717) is 12.8 Å². The summed E-state index contributed by atoms with van der Waals surface area (Å²) in [6.45, 7) is 0.253. The van der Waals surface area contributed by atoms with Crippen molar-refractivity contribution >= 4 is 5.78 Å². The minimum atomic E-state index is -4.58. The number of carbonyl (C=O) groups excluding carboxylic acids is 1. The zero-order valence-corrected chi connectivity index (χ0v) is 9.98. The van der Waals surface area contributed by atoms with Crippen molar-refractivity contribution in [2.75, 3.05) is 6.54 Å². The molecule has 2 unspecified atom stereocenters. The monoisotopic (exact) mass is 274 g/mol. The maximum Gasteiger partial charge on any atom is 0.417 e. The van der Waals surface area contributed by atoms with Crippen molar-refractivity contribution in [3.05, 3.63) is 29.6 Å². The molecule has 1 fully saturated rings. The van der Waals surface area contributed by atoms with E-state index in [0.717, 1.165) is 18.5 Å². The molecule has 1 aromatic rings. The molecule has 0 aliphatic carbocycles. The van der Waals surface area contributed by atoms with Crippen LogP contribution in [-0.4, -0.2) is 29.5 Å². The Hall–Kier alpha value is -1.47. The molecule has 19 heavy (non-hydrogen) atoms. The van der Waals surface area contributed by atoms with Crippen molar-refractivity contribution in [2.24, 2.45) is 5.73 Å². The first-order valence-electron chi connectivity index (χ1n) is 5.84. The molecule has 1 aliphatic heterocycles. The fourth-order valence-corrected chi connectivity index (χ4v) is 2.08. The normalized spacial score (nSPS) is 23.6. The van der Waals surface area contributed by atoms with Gasteiger partial charge in [-0.25, -0.2) is 0 Å². The third-order valence-electron chi connectivity index (χ3n) is 3.05. The average molecular weight is 274 g/mol. The van der Waals surface area contributed by atoms with Gasteiger partial charge in [-0.1, -0.05) is 0 Å². The van der Waals surface area contributed by atoms with Gasteiger partial charge in [-0.15, -0.1) is 0 Å². The van der Waals surface area contributed by atoms with E-state index in [1.54, 1.807) is 0 Å². The Morgan fingerprint density at radius 2 is 2.21 bits per heavy atom. The van der Waals surface area contributed by atoms with Gasteiger partial charge in [0.25, 0.3) is 0 Å². The molecule has 0 radical (unpaired) electrons. The largest absolute Gasteiger partial charge is 0.417 e. The van der Waals surface area contributed by atoms with Crippen LogP contribution < -0.4 is 5.73 Å². The van der Waals surface area contributed by atoms with E-state index in [2.05, 4.69) is 4.98 Å². The SMILES string of the molecule is NCC1CCC(C(=O)c2cnccc2C(F)(F)F)O1. The maximum absolute atomic E-state index is 12.8. The molecule has 1 aliphatic rings. The van der Waals surface area contributed by atoms with Crippen molar-refractivity contribution in [3.63, 3.8) is 0 Å². The first-order valence-corrected chi connectivity index (χ1v) is 5.84. The van der Waals surface area contributed by atoms with Gasteiger partial charge in [0, 0.05) is 18.9 Å². The lowest BCUT2D eigenvalue weighted by Crippen LogP contribution is -2.27. The number of Topliss-reactive ketones (excluding diaryl/α,β-unsaturated/α-hetero) is 1. The van der Waals surface area contributed by atoms with E-state index in [4.69, 9.17) is 10.5 Å². The van der Waals surface area contributed by atoms with Crippen molar-refractivity contribution in [2.45, 2.75) is 31.2 Å². The van der Waals surface area contributed by atoms with E-state index in [1.807, 2.05) is 0 Å². The summed E-state index contributed by atoms with van der Waals surface area (Å²) in [6.07, 6.45) is -2.80. The summed E-state index contributed by atoms with van der Waals surface area (Å²) in [7, 11) is 0. The van der Waals surface area contributed by atoms with Crippen LogP contribution in [0.25, 0.3) is 0 Å². The number of pyridine rings is 1. The zero-order valence-electron chi connectivity index (χ0n) is 9.98. The van der Waals surface area contributed by atoms with E-state index in [1.165, 1.54) is 0 Å². The molecule has 0 amide bonds. The van der Waals surface area contributed by atoms with Gasteiger partial charge >= 0.3 is 6.18 Å². The molecule has 1 saturated heterocycles. The Morgan fingerprint density at radius 3 is 2.79 bits per heavy atom. The standard InChI is InChI=1S/C12H13F3N2O2/c13-12(14,15)9-3-4-17-6-8(9)11(18)10-2-1-7(5-16)19-10/h3-4,6-7,10H,1-2,5,16H2. The predicted molar refractivity (Wildman–Crippen MR) is 60.5 cm³/mol. The van der Waals surface area contributed by atoms with Gasteiger partial charge < -0.3 is 10.5 Å². The van der Waals surface area contributed by atoms with Crippen LogP contribution in [0.1, 0.15) is 28.8 Å². The van der Waals surface area contributed by atoms with Gasteiger partial charge in [0.1, 0.15) is 6.10 Å². The summed E-state index contributed by atoms with van der Waals surface area (Å²) in [5.74, 6) is -0.684. The lowest BCUT2D eigenvalue weighted by molar-refractivity contribution is -0.138. The second kappa shape index (κ2) is 5.26. The fraction of sp³-hybridized carbons (Fsp3) is 0.500. The molecule has 0 saturated carbocycles. The predicted octanol–water partition coefficient (Wildman–Crippen LogP) is 1.79. The molecular weight excluding hydrogens is 261 g/mol. The molecule has 7 heteroatoms. The Bertz CT molecular complexity index is 476. The minimum Gasteiger partial charge on any atom is -0.366 e. The van der Waals surface area contributed by atoms with E-state index >= 15 is 0 Å². The molecule has 0 spiro atoms. The number of carbonyl (C=O) groups is 1. The molecule has 1 aromatic heterocycles. The fourth-order valence-electron chi connectivity index (χ4n) is 2.08. The van der Waals surface area contributed by atoms with E-state index in [9.17, 15) is 18.0 Å². The highest BCUT2D eigenvalue weighted by molar-refractivity contribution is 6.00. The summed E-state index contributed by atoms with van der Waals surface area (Å²) in [5, 5.41) is 0. The quantitative estimate of drug-likeness (QED) is 0.853. The number of ether oxygens (including phenoxy) is 1. The highest BCUT2D eigenvalue weighted by atomic mass is 19.4. The smallest absolute Gasteiger partial charge is 0.366 e. The summed E-state index contributed by atoms with van der Waals surface area (Å²) in [4.78, 5) is 15.7. The van der Waals surface area contributed by atoms with Gasteiger partial charge in [-0.05, 0) is 18.9 Å². The zero-order chi connectivity index (χ0) is 14.0. The van der Waals surface area contributed by atoms with Crippen molar-refractivity contribution < 1.29 is 22.7 Å². The van der Waals surface area contributed by atoms with Gasteiger partial charge in [-0.2, -0.15) is 13.2 Å². The molecule has 104 valence electrons. The number of nitrogens with two attached hydrogens (primary N) is 1. The Balaban J connectivity index is 2.25. The summed E-state index contributed by atoms with van der Waals surface area (Å²) < 4.78 is 43.7. The van der Waals surface area contributed by atoms with Crippen LogP contribution in [-0.2, 0) is 10.9 Å². The molecule has 0 bridgehead atoms. The highest BCUT2D eigenvalue weighted by Gasteiger charge is 2.38. The van der Waals surface area contributed by atoms with E-state index in [-0.39, 0.29) is 12.6 Å². The van der Waals surface area contributed by atoms with Crippen LogP contribution in [0, 0.1) is 0 Å². The first kappa shape index (κ1) is 14.0. The van der Waals surface area contributed by atoms with Crippen LogP contribution in [0.5, 0.6) is 0 Å². The van der Waals surface area contributed by atoms with Crippen LogP contribution in [0.15, 0.2) is 18.5 Å². The summed E-state index contributed by atoms with van der Waals surface area (Å²) >= 11 is 0. The van der Waals surface area contributed by atoms with Crippen LogP contribution in [0.3, 0.4) is 0 Å². The summed E-state index contributed by atoms with van der Waals surface area (Å²) in [6, 6.07) is 0.794. The second-order valence-corrected chi connectivity index (χ2v) is 4.34.